The number of aromatic hydroxyl groups is 1. The number of nitrogens with zero attached hydrogens (tertiary/aromatic N) is 3. The van der Waals surface area contributed by atoms with Gasteiger partial charge in [-0.25, -0.2) is 0 Å². The number of carbonyl (C=O) groups excluding carboxylic acids is 5. The predicted molar refractivity (Wildman–Crippen MR) is 310 cm³/mol. The van der Waals surface area contributed by atoms with E-state index in [2.05, 4.69) is 45.9 Å². The van der Waals surface area contributed by atoms with Crippen molar-refractivity contribution in [3.8, 4) is 11.6 Å². The molecule has 1 unspecified atom stereocenters. The number of amides is 1. The smallest absolute Gasteiger partial charge is 0.265 e. The van der Waals surface area contributed by atoms with Crippen molar-refractivity contribution in [3.05, 3.63) is 134 Å². The van der Waals surface area contributed by atoms with Crippen LogP contribution in [0.5, 0.6) is 11.6 Å². The Labute approximate surface area is 484 Å². The molecule has 7 aliphatic rings. The van der Waals surface area contributed by atoms with E-state index in [1.54, 1.807) is 26.2 Å². The third-order valence-electron chi connectivity index (χ3n) is 19.0. The Morgan fingerprint density at radius 1 is 0.783 bits per heavy atom. The van der Waals surface area contributed by atoms with Crippen LogP contribution < -0.4 is 10.5 Å². The molecule has 6 aliphatic carbocycles. The number of Topliss-reactive ketones (excluding diaryl/α,β-unsaturated/α-hetero) is 4. The van der Waals surface area contributed by atoms with Gasteiger partial charge in [0.25, 0.3) is 11.8 Å². The fourth-order valence-corrected chi connectivity index (χ4v) is 15.1. The Kier molecular flexibility index (Phi) is 16.4. The number of hydrogen-bond acceptors (Lipinski definition) is 18. The zero-order valence-corrected chi connectivity index (χ0v) is 50.3. The number of aliphatic hydroxyl groups is 5. The number of aromatic nitrogens is 1. The van der Waals surface area contributed by atoms with Crippen LogP contribution in [-0.2, 0) is 34.9 Å². The van der Waals surface area contributed by atoms with Gasteiger partial charge >= 0.3 is 0 Å². The molecular weight excluding hydrogens is 1080 g/mol. The van der Waals surface area contributed by atoms with Crippen molar-refractivity contribution >= 4 is 48.9 Å². The molecule has 19 nitrogen and oxygen atoms in total. The maximum absolute atomic E-state index is 15.3. The second-order valence-corrected chi connectivity index (χ2v) is 29.9. The summed E-state index contributed by atoms with van der Waals surface area (Å²) in [6.45, 7) is 17.5. The number of carbonyl (C=O) groups is 5. The van der Waals surface area contributed by atoms with Crippen molar-refractivity contribution in [2.45, 2.75) is 133 Å². The molecule has 3 aromatic carbocycles. The summed E-state index contributed by atoms with van der Waals surface area (Å²) in [4.78, 5) is 72.5. The number of primary amides is 1. The first kappa shape index (κ1) is 60.8. The lowest BCUT2D eigenvalue weighted by molar-refractivity contribution is -0.154. The second kappa shape index (κ2) is 22.3. The van der Waals surface area contributed by atoms with Gasteiger partial charge in [0.2, 0.25) is 17.3 Å². The molecule has 2 saturated carbocycles. The predicted octanol–water partition coefficient (Wildman–Crippen LogP) is 8.10. The zero-order chi connectivity index (χ0) is 60.7. The molecule has 83 heavy (non-hydrogen) atoms. The molecule has 0 spiro atoms. The van der Waals surface area contributed by atoms with Gasteiger partial charge in [0.05, 0.1) is 30.4 Å². The molecule has 3 fully saturated rings. The second-order valence-electron chi connectivity index (χ2n) is 25.2. The van der Waals surface area contributed by atoms with Crippen molar-refractivity contribution in [2.75, 3.05) is 41.4 Å². The van der Waals surface area contributed by atoms with Gasteiger partial charge in [0.15, 0.2) is 31.1 Å². The highest BCUT2D eigenvalue weighted by atomic mass is 28.4. The molecule has 1 saturated heterocycles. The van der Waals surface area contributed by atoms with E-state index in [9.17, 15) is 39.9 Å². The van der Waals surface area contributed by atoms with E-state index >= 15 is 9.59 Å². The van der Waals surface area contributed by atoms with Crippen molar-refractivity contribution in [2.24, 2.45) is 29.4 Å². The standard InChI is InChI=1S/C36H44N2O6Si.C22H24N2O7.C5H10O2/c1-20-14-13-17-23-21(2)24-18-25-29(38(6)7)31-28(34(37-43-31)42-19-22-15-11-10-12-16-22)33(41)36(25,44-45(8,9)35(3,4)5)32(40)27(24)30(39)26(20)23;1-8-9-5-4-6-12(25)13(9)17(26)14-10(8)7-11-16(24(2)3)18(27)15(21(23)30)20(29)22(11,31)19(14)28;6-4-5-2-1-3-7-5/h10-17,21,24-25,29,39H,18-19H2,1-9H3;4-6,8,10-11,16,25-26,29,31H,7H2,1-3H3,(H2,23,30);5-6H,1-4H2/t21-,24+,25-,29-,36-;8-,10+,11-,16-,22-;/m00./s1. The third-order valence-corrected chi connectivity index (χ3v) is 23.4. The number of benzene rings is 3. The highest BCUT2D eigenvalue weighted by molar-refractivity contribution is 6.74. The number of hydrogen-bond donors (Lipinski definition) is 7. The van der Waals surface area contributed by atoms with Gasteiger partial charge in [-0.3, -0.25) is 33.8 Å². The minimum Gasteiger partial charge on any atom is -0.508 e. The Bertz CT molecular complexity index is 3370. The van der Waals surface area contributed by atoms with Crippen molar-refractivity contribution < 1.29 is 73.0 Å². The van der Waals surface area contributed by atoms with Gasteiger partial charge in [0.1, 0.15) is 40.8 Å². The van der Waals surface area contributed by atoms with Crippen molar-refractivity contribution in [1.82, 2.24) is 15.0 Å². The first-order chi connectivity index (χ1) is 39.0. The van der Waals surface area contributed by atoms with E-state index in [-0.39, 0.29) is 88.2 Å². The van der Waals surface area contributed by atoms with Gasteiger partial charge in [-0.15, -0.1) is 0 Å². The van der Waals surface area contributed by atoms with Crippen LogP contribution >= 0.6 is 0 Å². The Morgan fingerprint density at radius 3 is 1.92 bits per heavy atom. The number of likely N-dealkylation sites (N-methyl/N-ethyl adjacent to an activating group) is 1. The van der Waals surface area contributed by atoms with Crippen LogP contribution in [-0.4, -0.2) is 148 Å². The molecule has 20 heteroatoms. The first-order valence-corrected chi connectivity index (χ1v) is 31.2. The largest absolute Gasteiger partial charge is 0.508 e. The number of phenols is 1. The topological polar surface area (TPSA) is 293 Å². The first-order valence-electron chi connectivity index (χ1n) is 28.3. The number of rotatable bonds is 9. The third kappa shape index (κ3) is 9.76. The summed E-state index contributed by atoms with van der Waals surface area (Å²) < 4.78 is 24.3. The number of nitrogens with two attached hydrogens (primary N) is 1. The number of aryl methyl sites for hydroxylation is 1. The fourth-order valence-electron chi connectivity index (χ4n) is 13.7. The van der Waals surface area contributed by atoms with Gasteiger partial charge in [-0.1, -0.05) is 95.3 Å². The summed E-state index contributed by atoms with van der Waals surface area (Å²) in [6.07, 6.45) is 2.83. The highest BCUT2D eigenvalue weighted by Gasteiger charge is 2.70. The Balaban J connectivity index is 0.000000188. The van der Waals surface area contributed by atoms with E-state index in [0.29, 0.717) is 23.3 Å². The maximum Gasteiger partial charge on any atom is 0.265 e. The van der Waals surface area contributed by atoms with Crippen LogP contribution in [0.4, 0.5) is 0 Å². The van der Waals surface area contributed by atoms with Crippen LogP contribution in [0.15, 0.2) is 93.7 Å². The van der Waals surface area contributed by atoms with Crippen LogP contribution in [0.2, 0.25) is 18.1 Å². The summed E-state index contributed by atoms with van der Waals surface area (Å²) in [7, 11) is 4.19. The van der Waals surface area contributed by atoms with Gasteiger partial charge in [0, 0.05) is 35.2 Å². The lowest BCUT2D eigenvalue weighted by atomic mass is 9.55. The molecule has 0 radical (unpaired) electrons. The van der Waals surface area contributed by atoms with Crippen LogP contribution in [0.1, 0.15) is 128 Å². The molecule has 11 atom stereocenters. The summed E-state index contributed by atoms with van der Waals surface area (Å²) in [5, 5.41) is 67.8. The lowest BCUT2D eigenvalue weighted by Crippen LogP contribution is -2.68. The normalized spacial score (nSPS) is 29.1. The minimum atomic E-state index is -2.78. The molecular formula is C63H78N4O15Si. The van der Waals surface area contributed by atoms with E-state index in [0.717, 1.165) is 36.1 Å². The highest BCUT2D eigenvalue weighted by Crippen LogP contribution is 2.61. The number of ketones is 4. The minimum absolute atomic E-state index is 0.0428. The van der Waals surface area contributed by atoms with Gasteiger partial charge < -0.3 is 54.8 Å². The zero-order valence-electron chi connectivity index (χ0n) is 49.3. The molecule has 444 valence electrons. The number of phenolic OH excluding ortho intramolecular Hbond substituents is 1. The average molecular weight is 1160 g/mol. The molecule has 1 aromatic heterocycles. The van der Waals surface area contributed by atoms with E-state index in [1.165, 1.54) is 11.0 Å². The summed E-state index contributed by atoms with van der Waals surface area (Å²) in [5.41, 5.74) is 4.44. The Hall–Kier alpha value is -6.78. The number of ether oxygens (including phenoxy) is 2. The Morgan fingerprint density at radius 2 is 1.36 bits per heavy atom. The molecule has 4 aromatic rings. The van der Waals surface area contributed by atoms with Crippen LogP contribution in [0.25, 0.3) is 11.5 Å². The maximum atomic E-state index is 15.3. The van der Waals surface area contributed by atoms with E-state index < -0.39 is 95.5 Å². The van der Waals surface area contributed by atoms with E-state index in [4.69, 9.17) is 29.3 Å². The summed E-state index contributed by atoms with van der Waals surface area (Å²) >= 11 is 0. The lowest BCUT2D eigenvalue weighted by Gasteiger charge is -2.55. The number of aliphatic hydroxyl groups excluding tert-OH is 4. The van der Waals surface area contributed by atoms with E-state index in [1.807, 2.05) is 81.4 Å². The van der Waals surface area contributed by atoms with Gasteiger partial charge in [-0.05, 0) is 136 Å². The molecule has 0 bridgehead atoms. The van der Waals surface area contributed by atoms with Crippen LogP contribution in [0.3, 0.4) is 0 Å². The quantitative estimate of drug-likeness (QED) is 0.0473. The monoisotopic (exact) mass is 1160 g/mol. The molecule has 11 rings (SSSR count). The summed E-state index contributed by atoms with van der Waals surface area (Å²) in [5.74, 6) is -8.32. The van der Waals surface area contributed by atoms with Crippen molar-refractivity contribution in [3.63, 3.8) is 0 Å². The molecule has 8 N–H and O–H groups in total. The van der Waals surface area contributed by atoms with Crippen LogP contribution in [0, 0.1) is 30.6 Å². The molecule has 2 heterocycles. The average Bonchev–Trinajstić information content (AvgIpc) is 1.57. The fraction of sp³-hybridized carbons (Fsp3) is 0.492. The number of fused-ring (bicyclic) bond motifs is 7. The van der Waals surface area contributed by atoms with Crippen molar-refractivity contribution in [1.29, 1.82) is 0 Å². The SMILES string of the molecule is C[C@H]1c2cccc(O)c2C(O)=C2C(=O)[C@]3(O)C(O)=C(C(N)=O)C(=O)[C@@H](N(C)C)[C@@H]3C[C@@H]21.Cc1cccc2c1C(O)=C1C(=O)[C@]3(O[Si](C)(C)C(C)(C)C)C(=O)c4c(OCc5ccccc5)noc4[C@@H](N(C)C)[C@@H]3C[C@@H]1[C@H]2C.OCC1CCCO1. The summed E-state index contributed by atoms with van der Waals surface area (Å²) in [6, 6.07) is 18.7. The molecule has 1 aliphatic heterocycles. The molecule has 1 amide bonds. The van der Waals surface area contributed by atoms with Gasteiger partial charge in [-0.2, -0.15) is 0 Å².